The molecule has 1 atom stereocenters. The first kappa shape index (κ1) is 17.1. The standard InChI is InChI=1S/C17H16N2O5S/c1-23-14-7-6-12(9-15(14)24-2)18-16(20)10-25-17(18)11-4-3-5-13(8-11)19(21)22/h3-9,17H,10H2,1-2H3/t17-/m1/s1. The van der Waals surface area contributed by atoms with E-state index in [9.17, 15) is 14.9 Å². The molecule has 2 aromatic rings. The molecule has 0 unspecified atom stereocenters. The second-order valence-corrected chi connectivity index (χ2v) is 6.39. The second-order valence-electron chi connectivity index (χ2n) is 5.32. The lowest BCUT2D eigenvalue weighted by atomic mass is 10.1. The number of non-ortho nitro benzene ring substituents is 1. The summed E-state index contributed by atoms with van der Waals surface area (Å²) >= 11 is 1.43. The maximum atomic E-state index is 12.4. The maximum Gasteiger partial charge on any atom is 0.269 e. The average Bonchev–Trinajstić information content (AvgIpc) is 3.02. The average molecular weight is 360 g/mol. The molecule has 2 aromatic carbocycles. The molecule has 0 N–H and O–H groups in total. The predicted octanol–water partition coefficient (Wildman–Crippen LogP) is 3.39. The van der Waals surface area contributed by atoms with Gasteiger partial charge in [-0.25, -0.2) is 0 Å². The normalized spacial score (nSPS) is 16.8. The monoisotopic (exact) mass is 360 g/mol. The van der Waals surface area contributed by atoms with E-state index in [1.165, 1.54) is 31.0 Å². The Hall–Kier alpha value is -2.74. The smallest absolute Gasteiger partial charge is 0.269 e. The summed E-state index contributed by atoms with van der Waals surface area (Å²) in [7, 11) is 3.07. The number of nitro benzene ring substituents is 1. The van der Waals surface area contributed by atoms with Crippen molar-refractivity contribution in [2.45, 2.75) is 5.37 Å². The summed E-state index contributed by atoms with van der Waals surface area (Å²) < 4.78 is 10.5. The third-order valence-electron chi connectivity index (χ3n) is 3.88. The first-order valence-electron chi connectivity index (χ1n) is 7.45. The number of hydrogen-bond donors (Lipinski definition) is 0. The molecule has 1 heterocycles. The molecule has 7 nitrogen and oxygen atoms in total. The van der Waals surface area contributed by atoms with Gasteiger partial charge in [-0.1, -0.05) is 12.1 Å². The van der Waals surface area contributed by atoms with E-state index in [0.29, 0.717) is 28.5 Å². The van der Waals surface area contributed by atoms with Gasteiger partial charge < -0.3 is 9.47 Å². The van der Waals surface area contributed by atoms with Crippen molar-refractivity contribution in [3.8, 4) is 11.5 Å². The van der Waals surface area contributed by atoms with Crippen LogP contribution in [0.25, 0.3) is 0 Å². The fourth-order valence-electron chi connectivity index (χ4n) is 2.72. The minimum Gasteiger partial charge on any atom is -0.493 e. The molecule has 1 aliphatic rings. The first-order chi connectivity index (χ1) is 12.0. The zero-order valence-electron chi connectivity index (χ0n) is 13.7. The zero-order chi connectivity index (χ0) is 18.0. The number of rotatable bonds is 5. The summed E-state index contributed by atoms with van der Waals surface area (Å²) in [4.78, 5) is 24.6. The highest BCUT2D eigenvalue weighted by Crippen LogP contribution is 2.44. The van der Waals surface area contributed by atoms with Gasteiger partial charge in [0.25, 0.3) is 5.69 Å². The number of nitro groups is 1. The summed E-state index contributed by atoms with van der Waals surface area (Å²) in [6.45, 7) is 0. The van der Waals surface area contributed by atoms with Gasteiger partial charge in [0.05, 0.1) is 24.9 Å². The van der Waals surface area contributed by atoms with Crippen LogP contribution in [0.15, 0.2) is 42.5 Å². The van der Waals surface area contributed by atoms with Crippen molar-refractivity contribution in [2.24, 2.45) is 0 Å². The van der Waals surface area contributed by atoms with Crippen LogP contribution in [0.5, 0.6) is 11.5 Å². The minimum atomic E-state index is -0.439. The van der Waals surface area contributed by atoms with E-state index in [1.54, 1.807) is 42.3 Å². The number of carbonyl (C=O) groups is 1. The van der Waals surface area contributed by atoms with E-state index in [4.69, 9.17) is 9.47 Å². The Kier molecular flexibility index (Phi) is 4.80. The molecule has 1 amide bonds. The molecule has 130 valence electrons. The highest BCUT2D eigenvalue weighted by atomic mass is 32.2. The van der Waals surface area contributed by atoms with E-state index in [0.717, 1.165) is 0 Å². The summed E-state index contributed by atoms with van der Waals surface area (Å²) in [6, 6.07) is 11.6. The van der Waals surface area contributed by atoms with Gasteiger partial charge in [-0.05, 0) is 17.7 Å². The van der Waals surface area contributed by atoms with Crippen molar-refractivity contribution in [3.05, 3.63) is 58.1 Å². The number of benzene rings is 2. The number of carbonyl (C=O) groups excluding carboxylic acids is 1. The molecule has 0 spiro atoms. The lowest BCUT2D eigenvalue weighted by Gasteiger charge is -2.25. The van der Waals surface area contributed by atoms with E-state index in [-0.39, 0.29) is 17.0 Å². The maximum absolute atomic E-state index is 12.4. The third-order valence-corrected chi connectivity index (χ3v) is 5.09. The van der Waals surface area contributed by atoms with E-state index >= 15 is 0 Å². The molecule has 0 radical (unpaired) electrons. The number of nitrogens with zero attached hydrogens (tertiary/aromatic N) is 2. The minimum absolute atomic E-state index is 0.00436. The van der Waals surface area contributed by atoms with Crippen LogP contribution in [0.2, 0.25) is 0 Å². The van der Waals surface area contributed by atoms with Crippen LogP contribution in [0.1, 0.15) is 10.9 Å². The van der Waals surface area contributed by atoms with Crippen LogP contribution in [0, 0.1) is 10.1 Å². The fraction of sp³-hybridized carbons (Fsp3) is 0.235. The van der Waals surface area contributed by atoms with Gasteiger partial charge in [0.2, 0.25) is 5.91 Å². The van der Waals surface area contributed by atoms with E-state index in [1.807, 2.05) is 0 Å². The lowest BCUT2D eigenvalue weighted by molar-refractivity contribution is -0.384. The molecule has 1 fully saturated rings. The molecule has 1 aliphatic heterocycles. The predicted molar refractivity (Wildman–Crippen MR) is 95.3 cm³/mol. The quantitative estimate of drug-likeness (QED) is 0.600. The van der Waals surface area contributed by atoms with Crippen molar-refractivity contribution in [1.29, 1.82) is 0 Å². The van der Waals surface area contributed by atoms with Gasteiger partial charge in [0.1, 0.15) is 5.37 Å². The van der Waals surface area contributed by atoms with Crippen LogP contribution in [0.3, 0.4) is 0 Å². The Labute approximate surface area is 148 Å². The molecule has 0 saturated carbocycles. The van der Waals surface area contributed by atoms with Gasteiger partial charge >= 0.3 is 0 Å². The summed E-state index contributed by atoms with van der Waals surface area (Å²) in [5.74, 6) is 1.33. The Morgan fingerprint density at radius 2 is 1.92 bits per heavy atom. The van der Waals surface area contributed by atoms with Gasteiger partial charge in [0, 0.05) is 23.9 Å². The molecule has 0 aromatic heterocycles. The molecule has 0 aliphatic carbocycles. The zero-order valence-corrected chi connectivity index (χ0v) is 14.5. The van der Waals surface area contributed by atoms with Crippen LogP contribution in [-0.4, -0.2) is 30.8 Å². The summed E-state index contributed by atoms with van der Waals surface area (Å²) in [5.41, 5.74) is 1.37. The van der Waals surface area contributed by atoms with Crippen molar-refractivity contribution in [2.75, 3.05) is 24.9 Å². The Balaban J connectivity index is 2.00. The second kappa shape index (κ2) is 7.02. The topological polar surface area (TPSA) is 81.9 Å². The van der Waals surface area contributed by atoms with Crippen molar-refractivity contribution in [1.82, 2.24) is 0 Å². The fourth-order valence-corrected chi connectivity index (χ4v) is 3.88. The van der Waals surface area contributed by atoms with Gasteiger partial charge in [-0.2, -0.15) is 0 Å². The van der Waals surface area contributed by atoms with Crippen LogP contribution in [0.4, 0.5) is 11.4 Å². The Morgan fingerprint density at radius 3 is 2.60 bits per heavy atom. The van der Waals surface area contributed by atoms with Gasteiger partial charge in [-0.3, -0.25) is 19.8 Å². The number of amides is 1. The van der Waals surface area contributed by atoms with E-state index in [2.05, 4.69) is 0 Å². The van der Waals surface area contributed by atoms with Crippen LogP contribution >= 0.6 is 11.8 Å². The lowest BCUT2D eigenvalue weighted by Crippen LogP contribution is -2.27. The molecule has 8 heteroatoms. The van der Waals surface area contributed by atoms with Crippen molar-refractivity contribution in [3.63, 3.8) is 0 Å². The Morgan fingerprint density at radius 1 is 1.16 bits per heavy atom. The molecule has 1 saturated heterocycles. The highest BCUT2D eigenvalue weighted by molar-refractivity contribution is 8.00. The number of anilines is 1. The van der Waals surface area contributed by atoms with Crippen molar-refractivity contribution < 1.29 is 19.2 Å². The van der Waals surface area contributed by atoms with Crippen LogP contribution < -0.4 is 14.4 Å². The molecule has 3 rings (SSSR count). The largest absolute Gasteiger partial charge is 0.493 e. The number of methoxy groups -OCH3 is 2. The number of hydrogen-bond acceptors (Lipinski definition) is 6. The summed E-state index contributed by atoms with van der Waals surface area (Å²) in [6.07, 6.45) is 0. The van der Waals surface area contributed by atoms with Crippen molar-refractivity contribution >= 4 is 29.0 Å². The summed E-state index contributed by atoms with van der Waals surface area (Å²) in [5, 5.41) is 10.7. The molecule has 25 heavy (non-hydrogen) atoms. The van der Waals surface area contributed by atoms with E-state index < -0.39 is 4.92 Å². The highest BCUT2D eigenvalue weighted by Gasteiger charge is 2.35. The van der Waals surface area contributed by atoms with Crippen LogP contribution in [-0.2, 0) is 4.79 Å². The number of thioether (sulfide) groups is 1. The van der Waals surface area contributed by atoms with Gasteiger partial charge in [0.15, 0.2) is 11.5 Å². The Bertz CT molecular complexity index is 826. The third kappa shape index (κ3) is 3.25. The molecular formula is C17H16N2O5S. The molecule has 0 bridgehead atoms. The SMILES string of the molecule is COc1ccc(N2C(=O)CS[C@@H]2c2cccc([N+](=O)[O-])c2)cc1OC. The van der Waals surface area contributed by atoms with Gasteiger partial charge in [-0.15, -0.1) is 11.8 Å². The molecular weight excluding hydrogens is 344 g/mol. The number of ether oxygens (including phenoxy) is 2. The first-order valence-corrected chi connectivity index (χ1v) is 8.50.